The second-order valence-corrected chi connectivity index (χ2v) is 4.95. The number of amides is 1. The highest BCUT2D eigenvalue weighted by Crippen LogP contribution is 2.11. The van der Waals surface area contributed by atoms with Gasteiger partial charge in [-0.25, -0.2) is 9.37 Å². The molecule has 0 bridgehead atoms. The maximum Gasteiger partial charge on any atom is 0.225 e. The molecule has 1 heterocycles. The molecule has 1 N–H and O–H groups in total. The lowest BCUT2D eigenvalue weighted by atomic mass is 10.1. The third kappa shape index (κ3) is 4.44. The van der Waals surface area contributed by atoms with Crippen LogP contribution in [0.4, 0.5) is 10.2 Å². The number of benzene rings is 1. The molecule has 0 atom stereocenters. The largest absolute Gasteiger partial charge is 0.311 e. The summed E-state index contributed by atoms with van der Waals surface area (Å²) >= 11 is 3.27. The van der Waals surface area contributed by atoms with Crippen LogP contribution in [-0.2, 0) is 11.2 Å². The van der Waals surface area contributed by atoms with E-state index < -0.39 is 0 Å². The molecule has 0 aliphatic heterocycles. The van der Waals surface area contributed by atoms with Gasteiger partial charge in [0.2, 0.25) is 5.91 Å². The summed E-state index contributed by atoms with van der Waals surface area (Å²) in [6, 6.07) is 9.68. The van der Waals surface area contributed by atoms with Crippen molar-refractivity contribution in [3.8, 4) is 0 Å². The van der Waals surface area contributed by atoms with Gasteiger partial charge < -0.3 is 5.32 Å². The first-order chi connectivity index (χ1) is 9.13. The van der Waals surface area contributed by atoms with Crippen LogP contribution in [0.15, 0.2) is 47.1 Å². The Morgan fingerprint density at radius 1 is 1.21 bits per heavy atom. The number of anilines is 1. The zero-order chi connectivity index (χ0) is 13.7. The first-order valence-electron chi connectivity index (χ1n) is 5.79. The highest BCUT2D eigenvalue weighted by molar-refractivity contribution is 9.10. The van der Waals surface area contributed by atoms with Crippen molar-refractivity contribution in [2.75, 3.05) is 5.32 Å². The van der Waals surface area contributed by atoms with Crippen LogP contribution < -0.4 is 5.32 Å². The van der Waals surface area contributed by atoms with Gasteiger partial charge in [0.15, 0.2) is 0 Å². The minimum Gasteiger partial charge on any atom is -0.311 e. The molecule has 0 unspecified atom stereocenters. The predicted octanol–water partition coefficient (Wildman–Crippen LogP) is 3.55. The Morgan fingerprint density at radius 2 is 1.95 bits per heavy atom. The SMILES string of the molecule is O=C(CCc1ccc(F)cc1)Nc1ccc(Br)cn1. The Bertz CT molecular complexity index is 555. The van der Waals surface area contributed by atoms with Gasteiger partial charge in [0.25, 0.3) is 0 Å². The molecule has 98 valence electrons. The Kier molecular flexibility index (Phi) is 4.63. The van der Waals surface area contributed by atoms with Gasteiger partial charge >= 0.3 is 0 Å². The highest BCUT2D eigenvalue weighted by Gasteiger charge is 2.04. The van der Waals surface area contributed by atoms with E-state index >= 15 is 0 Å². The van der Waals surface area contributed by atoms with E-state index in [0.29, 0.717) is 18.7 Å². The van der Waals surface area contributed by atoms with Crippen LogP contribution in [0.1, 0.15) is 12.0 Å². The average molecular weight is 323 g/mol. The molecule has 0 saturated heterocycles. The average Bonchev–Trinajstić information content (AvgIpc) is 2.41. The molecule has 3 nitrogen and oxygen atoms in total. The van der Waals surface area contributed by atoms with Crippen molar-refractivity contribution in [1.29, 1.82) is 0 Å². The number of nitrogens with one attached hydrogen (secondary N) is 1. The zero-order valence-electron chi connectivity index (χ0n) is 10.1. The first kappa shape index (κ1) is 13.7. The predicted molar refractivity (Wildman–Crippen MR) is 75.3 cm³/mol. The number of hydrogen-bond donors (Lipinski definition) is 1. The summed E-state index contributed by atoms with van der Waals surface area (Å²) in [5, 5.41) is 2.71. The summed E-state index contributed by atoms with van der Waals surface area (Å²) in [4.78, 5) is 15.8. The van der Waals surface area contributed by atoms with Crippen LogP contribution in [0.25, 0.3) is 0 Å². The van der Waals surface area contributed by atoms with Crippen LogP contribution in [0, 0.1) is 5.82 Å². The standard InChI is InChI=1S/C14H12BrFN2O/c15-11-4-7-13(17-9-11)18-14(19)8-3-10-1-5-12(16)6-2-10/h1-2,4-7,9H,3,8H2,(H,17,18,19). The number of aryl methyl sites for hydroxylation is 1. The normalized spacial score (nSPS) is 10.2. The highest BCUT2D eigenvalue weighted by atomic mass is 79.9. The van der Waals surface area contributed by atoms with Crippen LogP contribution in [-0.4, -0.2) is 10.9 Å². The van der Waals surface area contributed by atoms with Crippen molar-refractivity contribution in [2.24, 2.45) is 0 Å². The van der Waals surface area contributed by atoms with Gasteiger partial charge in [0, 0.05) is 17.1 Å². The van der Waals surface area contributed by atoms with Crippen molar-refractivity contribution in [3.63, 3.8) is 0 Å². The monoisotopic (exact) mass is 322 g/mol. The number of halogens is 2. The van der Waals surface area contributed by atoms with Crippen molar-refractivity contribution >= 4 is 27.7 Å². The summed E-state index contributed by atoms with van der Waals surface area (Å²) in [7, 11) is 0. The van der Waals surface area contributed by atoms with E-state index in [9.17, 15) is 9.18 Å². The van der Waals surface area contributed by atoms with Gasteiger partial charge in [0.1, 0.15) is 11.6 Å². The minimum absolute atomic E-state index is 0.112. The van der Waals surface area contributed by atoms with Gasteiger partial charge in [-0.3, -0.25) is 4.79 Å². The van der Waals surface area contributed by atoms with E-state index in [4.69, 9.17) is 0 Å². The van der Waals surface area contributed by atoms with Gasteiger partial charge in [0.05, 0.1) is 0 Å². The smallest absolute Gasteiger partial charge is 0.225 e. The molecule has 1 aromatic heterocycles. The summed E-state index contributed by atoms with van der Waals surface area (Å²) in [5.74, 6) is 0.138. The van der Waals surface area contributed by atoms with Gasteiger partial charge in [-0.15, -0.1) is 0 Å². The van der Waals surface area contributed by atoms with E-state index in [0.717, 1.165) is 10.0 Å². The van der Waals surface area contributed by atoms with E-state index in [1.165, 1.54) is 12.1 Å². The molecule has 0 spiro atoms. The Hall–Kier alpha value is -1.75. The fraction of sp³-hybridized carbons (Fsp3) is 0.143. The molecule has 2 aromatic rings. The maximum absolute atomic E-state index is 12.7. The first-order valence-corrected chi connectivity index (χ1v) is 6.58. The Morgan fingerprint density at radius 3 is 2.58 bits per heavy atom. The number of nitrogens with zero attached hydrogens (tertiary/aromatic N) is 1. The topological polar surface area (TPSA) is 42.0 Å². The third-order valence-corrected chi connectivity index (χ3v) is 3.02. The number of rotatable bonds is 4. The summed E-state index contributed by atoms with van der Waals surface area (Å²) < 4.78 is 13.6. The number of carbonyl (C=O) groups is 1. The minimum atomic E-state index is -0.271. The van der Waals surface area contributed by atoms with E-state index in [2.05, 4.69) is 26.2 Å². The maximum atomic E-state index is 12.7. The molecule has 1 aromatic carbocycles. The van der Waals surface area contributed by atoms with Crippen molar-refractivity contribution in [1.82, 2.24) is 4.98 Å². The lowest BCUT2D eigenvalue weighted by Gasteiger charge is -2.04. The summed E-state index contributed by atoms with van der Waals surface area (Å²) in [6.07, 6.45) is 2.53. The molecule has 5 heteroatoms. The van der Waals surface area contributed by atoms with E-state index in [1.54, 1.807) is 24.4 Å². The van der Waals surface area contributed by atoms with Gasteiger partial charge in [-0.05, 0) is 52.2 Å². The van der Waals surface area contributed by atoms with Crippen molar-refractivity contribution < 1.29 is 9.18 Å². The number of pyridine rings is 1. The number of aromatic nitrogens is 1. The summed E-state index contributed by atoms with van der Waals surface area (Å²) in [5.41, 5.74) is 0.931. The van der Waals surface area contributed by atoms with Crippen LogP contribution in [0.3, 0.4) is 0 Å². The second-order valence-electron chi connectivity index (χ2n) is 4.04. The second kappa shape index (κ2) is 6.43. The fourth-order valence-electron chi connectivity index (χ4n) is 1.56. The molecule has 0 saturated carbocycles. The zero-order valence-corrected chi connectivity index (χ0v) is 11.7. The molecule has 0 radical (unpaired) electrons. The Labute approximate surface area is 119 Å². The van der Waals surface area contributed by atoms with Crippen LogP contribution in [0.2, 0.25) is 0 Å². The fourth-order valence-corrected chi connectivity index (χ4v) is 1.80. The third-order valence-electron chi connectivity index (χ3n) is 2.55. The molecule has 0 aliphatic carbocycles. The molecule has 2 rings (SSSR count). The van der Waals surface area contributed by atoms with Crippen molar-refractivity contribution in [3.05, 3.63) is 58.4 Å². The number of carbonyl (C=O) groups excluding carboxylic acids is 1. The molecular weight excluding hydrogens is 311 g/mol. The van der Waals surface area contributed by atoms with Crippen molar-refractivity contribution in [2.45, 2.75) is 12.8 Å². The molecule has 0 aliphatic rings. The number of hydrogen-bond acceptors (Lipinski definition) is 2. The molecule has 19 heavy (non-hydrogen) atoms. The molecular formula is C14H12BrFN2O. The quantitative estimate of drug-likeness (QED) is 0.935. The van der Waals surface area contributed by atoms with E-state index in [-0.39, 0.29) is 11.7 Å². The molecule has 0 fully saturated rings. The van der Waals surface area contributed by atoms with Gasteiger partial charge in [-0.2, -0.15) is 0 Å². The van der Waals surface area contributed by atoms with Crippen LogP contribution in [0.5, 0.6) is 0 Å². The van der Waals surface area contributed by atoms with Crippen LogP contribution >= 0.6 is 15.9 Å². The van der Waals surface area contributed by atoms with Gasteiger partial charge in [-0.1, -0.05) is 12.1 Å². The van der Waals surface area contributed by atoms with E-state index in [1.807, 2.05) is 6.07 Å². The summed E-state index contributed by atoms with van der Waals surface area (Å²) in [6.45, 7) is 0. The Balaban J connectivity index is 1.84. The lowest BCUT2D eigenvalue weighted by Crippen LogP contribution is -2.13. The molecule has 1 amide bonds. The lowest BCUT2D eigenvalue weighted by molar-refractivity contribution is -0.116.